The molecule has 0 spiro atoms. The molecule has 28 heavy (non-hydrogen) atoms. The molecule has 1 aromatic carbocycles. The Kier molecular flexibility index (Phi) is 7.95. The first-order chi connectivity index (χ1) is 13.2. The van der Waals surface area contributed by atoms with E-state index >= 15 is 0 Å². The summed E-state index contributed by atoms with van der Waals surface area (Å²) in [7, 11) is 0. The molecule has 0 heterocycles. The van der Waals surface area contributed by atoms with Crippen molar-refractivity contribution in [2.24, 2.45) is 11.7 Å². The molecule has 4 N–H and O–H groups in total. The molecule has 0 radical (unpaired) electrons. The zero-order valence-electron chi connectivity index (χ0n) is 15.6. The predicted molar refractivity (Wildman–Crippen MR) is 98.5 cm³/mol. The van der Waals surface area contributed by atoms with Gasteiger partial charge >= 0.3 is 6.36 Å². The van der Waals surface area contributed by atoms with Gasteiger partial charge in [-0.05, 0) is 36.6 Å². The standard InChI is InChI=1S/C19H26F3N3O3/c20-19(21,22)28-15-9-7-14(8-10-15)24-12-16(18(23)27)25-17(26)11-6-13-4-2-1-3-5-13/h7-10,13,16,24H,1-6,11-12H2,(H2,23,27)(H,25,26)/t16-/m0/s1. The lowest BCUT2D eigenvalue weighted by molar-refractivity contribution is -0.274. The SMILES string of the molecule is NC(=O)[C@H](CNc1ccc(OC(F)(F)F)cc1)NC(=O)CCC1CCCCC1. The van der Waals surface area contributed by atoms with Gasteiger partial charge in [0, 0.05) is 18.7 Å². The van der Waals surface area contributed by atoms with Gasteiger partial charge in [0.2, 0.25) is 11.8 Å². The predicted octanol–water partition coefficient (Wildman–Crippen LogP) is 3.33. The van der Waals surface area contributed by atoms with Gasteiger partial charge in [-0.25, -0.2) is 0 Å². The van der Waals surface area contributed by atoms with Crippen molar-refractivity contribution in [1.82, 2.24) is 5.32 Å². The summed E-state index contributed by atoms with van der Waals surface area (Å²) in [6.07, 6.45) is 2.32. The Morgan fingerprint density at radius 1 is 1.14 bits per heavy atom. The summed E-state index contributed by atoms with van der Waals surface area (Å²) in [5.41, 5.74) is 5.81. The number of hydrogen-bond acceptors (Lipinski definition) is 4. The first kappa shape index (κ1) is 21.8. The first-order valence-electron chi connectivity index (χ1n) is 9.41. The summed E-state index contributed by atoms with van der Waals surface area (Å²) in [4.78, 5) is 23.7. The molecule has 1 saturated carbocycles. The third kappa shape index (κ3) is 8.06. The van der Waals surface area contributed by atoms with Crippen molar-refractivity contribution in [2.45, 2.75) is 57.3 Å². The lowest BCUT2D eigenvalue weighted by Crippen LogP contribution is -2.48. The third-order valence-corrected chi connectivity index (χ3v) is 4.78. The maximum Gasteiger partial charge on any atom is 0.573 e. The highest BCUT2D eigenvalue weighted by atomic mass is 19.4. The molecule has 0 aliphatic heterocycles. The smallest absolute Gasteiger partial charge is 0.406 e. The first-order valence-corrected chi connectivity index (χ1v) is 9.41. The molecule has 0 saturated heterocycles. The van der Waals surface area contributed by atoms with Gasteiger partial charge in [0.25, 0.3) is 0 Å². The van der Waals surface area contributed by atoms with Gasteiger partial charge in [0.15, 0.2) is 0 Å². The summed E-state index contributed by atoms with van der Waals surface area (Å²) in [5.74, 6) is -0.705. The summed E-state index contributed by atoms with van der Waals surface area (Å²) >= 11 is 0. The van der Waals surface area contributed by atoms with Crippen molar-refractivity contribution in [3.05, 3.63) is 24.3 Å². The van der Waals surface area contributed by atoms with Crippen LogP contribution in [0.2, 0.25) is 0 Å². The van der Waals surface area contributed by atoms with E-state index in [1.165, 1.54) is 31.4 Å². The minimum atomic E-state index is -4.76. The molecule has 1 aliphatic carbocycles. The van der Waals surface area contributed by atoms with Gasteiger partial charge in [0.1, 0.15) is 11.8 Å². The Balaban J connectivity index is 1.78. The number of benzene rings is 1. The second kappa shape index (κ2) is 10.2. The van der Waals surface area contributed by atoms with E-state index in [2.05, 4.69) is 15.4 Å². The van der Waals surface area contributed by atoms with Gasteiger partial charge < -0.3 is 21.1 Å². The fourth-order valence-electron chi connectivity index (χ4n) is 3.29. The van der Waals surface area contributed by atoms with Gasteiger partial charge in [-0.2, -0.15) is 0 Å². The molecule has 2 rings (SSSR count). The highest BCUT2D eigenvalue weighted by Gasteiger charge is 2.31. The average molecular weight is 401 g/mol. The number of carbonyl (C=O) groups excluding carboxylic acids is 2. The van der Waals surface area contributed by atoms with E-state index in [4.69, 9.17) is 5.73 Å². The molecule has 0 unspecified atom stereocenters. The molecule has 1 aliphatic rings. The van der Waals surface area contributed by atoms with E-state index in [1.807, 2.05) is 0 Å². The monoisotopic (exact) mass is 401 g/mol. The van der Waals surface area contributed by atoms with E-state index in [0.717, 1.165) is 31.4 Å². The van der Waals surface area contributed by atoms with Gasteiger partial charge in [-0.3, -0.25) is 9.59 Å². The number of nitrogens with two attached hydrogens (primary N) is 1. The maximum atomic E-state index is 12.2. The average Bonchev–Trinajstić information content (AvgIpc) is 2.64. The fraction of sp³-hybridized carbons (Fsp3) is 0.579. The van der Waals surface area contributed by atoms with E-state index < -0.39 is 18.3 Å². The summed E-state index contributed by atoms with van der Waals surface area (Å²) < 4.78 is 40.3. The molecule has 2 amide bonds. The van der Waals surface area contributed by atoms with Crippen LogP contribution in [0.15, 0.2) is 24.3 Å². The normalized spacial score (nSPS) is 16.2. The molecule has 1 atom stereocenters. The van der Waals surface area contributed by atoms with Crippen LogP contribution < -0.4 is 21.1 Å². The highest BCUT2D eigenvalue weighted by Crippen LogP contribution is 2.27. The van der Waals surface area contributed by atoms with Crippen LogP contribution in [0, 0.1) is 5.92 Å². The van der Waals surface area contributed by atoms with E-state index in [-0.39, 0.29) is 18.2 Å². The van der Waals surface area contributed by atoms with Gasteiger partial charge in [-0.1, -0.05) is 32.1 Å². The van der Waals surface area contributed by atoms with E-state index in [0.29, 0.717) is 18.0 Å². The number of primary amides is 1. The lowest BCUT2D eigenvalue weighted by atomic mass is 9.86. The van der Waals surface area contributed by atoms with Crippen LogP contribution in [0.25, 0.3) is 0 Å². The number of halogens is 3. The van der Waals surface area contributed by atoms with Crippen molar-refractivity contribution in [3.8, 4) is 5.75 Å². The summed E-state index contributed by atoms with van der Waals surface area (Å²) in [5, 5.41) is 5.49. The van der Waals surface area contributed by atoms with E-state index in [9.17, 15) is 22.8 Å². The Morgan fingerprint density at radius 2 is 1.79 bits per heavy atom. The molecule has 1 aromatic rings. The molecular formula is C19H26F3N3O3. The zero-order valence-corrected chi connectivity index (χ0v) is 15.6. The number of amides is 2. The minimum absolute atomic E-state index is 0.0317. The number of alkyl halides is 3. The van der Waals surface area contributed by atoms with Crippen molar-refractivity contribution in [1.29, 1.82) is 0 Å². The topological polar surface area (TPSA) is 93.5 Å². The van der Waals surface area contributed by atoms with Crippen LogP contribution in [0.5, 0.6) is 5.75 Å². The molecule has 6 nitrogen and oxygen atoms in total. The maximum absolute atomic E-state index is 12.2. The number of nitrogens with one attached hydrogen (secondary N) is 2. The van der Waals surface area contributed by atoms with Crippen LogP contribution in [0.3, 0.4) is 0 Å². The molecular weight excluding hydrogens is 375 g/mol. The Morgan fingerprint density at radius 3 is 2.36 bits per heavy atom. The van der Waals surface area contributed by atoms with Crippen LogP contribution >= 0.6 is 0 Å². The number of rotatable bonds is 9. The fourth-order valence-corrected chi connectivity index (χ4v) is 3.29. The van der Waals surface area contributed by atoms with Crippen LogP contribution in [0.1, 0.15) is 44.9 Å². The second-order valence-electron chi connectivity index (χ2n) is 7.02. The van der Waals surface area contributed by atoms with Crippen molar-refractivity contribution in [2.75, 3.05) is 11.9 Å². The van der Waals surface area contributed by atoms with Crippen LogP contribution in [-0.2, 0) is 9.59 Å². The second-order valence-corrected chi connectivity index (χ2v) is 7.02. The quantitative estimate of drug-likeness (QED) is 0.592. The van der Waals surface area contributed by atoms with Crippen molar-refractivity contribution in [3.63, 3.8) is 0 Å². The number of hydrogen-bond donors (Lipinski definition) is 3. The summed E-state index contributed by atoms with van der Waals surface area (Å²) in [6.45, 7) is 0.0317. The third-order valence-electron chi connectivity index (χ3n) is 4.78. The highest BCUT2D eigenvalue weighted by molar-refractivity contribution is 5.87. The number of ether oxygens (including phenoxy) is 1. The molecule has 156 valence electrons. The van der Waals surface area contributed by atoms with E-state index in [1.54, 1.807) is 0 Å². The number of carbonyl (C=O) groups is 2. The lowest BCUT2D eigenvalue weighted by Gasteiger charge is -2.22. The largest absolute Gasteiger partial charge is 0.573 e. The van der Waals surface area contributed by atoms with Crippen LogP contribution in [-0.4, -0.2) is 30.8 Å². The zero-order chi connectivity index (χ0) is 20.6. The minimum Gasteiger partial charge on any atom is -0.406 e. The number of anilines is 1. The molecule has 0 aromatic heterocycles. The molecule has 0 bridgehead atoms. The van der Waals surface area contributed by atoms with Gasteiger partial charge in [-0.15, -0.1) is 13.2 Å². The Labute approximate surface area is 162 Å². The molecule has 1 fully saturated rings. The van der Waals surface area contributed by atoms with Crippen molar-refractivity contribution < 1.29 is 27.5 Å². The molecule has 9 heteroatoms. The Bertz CT molecular complexity index is 644. The Hall–Kier alpha value is -2.45. The van der Waals surface area contributed by atoms with Gasteiger partial charge in [0.05, 0.1) is 0 Å². The summed E-state index contributed by atoms with van der Waals surface area (Å²) in [6, 6.07) is 4.15. The van der Waals surface area contributed by atoms with Crippen molar-refractivity contribution >= 4 is 17.5 Å². The van der Waals surface area contributed by atoms with Crippen LogP contribution in [0.4, 0.5) is 18.9 Å².